The van der Waals surface area contributed by atoms with Crippen molar-refractivity contribution in [2.45, 2.75) is 20.3 Å². The molecule has 1 atom stereocenters. The average Bonchev–Trinajstić information content (AvgIpc) is 2.85. The standard InChI is InChI=1S/C12H18N4.HI/c1-12(2)7-9(12)8-15-11(13)16-10-5-3-4-6-14-10;/h3-6,9H,7-8H2,1-2H3,(H3,13,14,15,16);1H. The Labute approximate surface area is 119 Å². The van der Waals surface area contributed by atoms with E-state index < -0.39 is 0 Å². The summed E-state index contributed by atoms with van der Waals surface area (Å²) >= 11 is 0. The van der Waals surface area contributed by atoms with Crippen molar-refractivity contribution in [1.29, 1.82) is 0 Å². The number of pyridine rings is 1. The van der Waals surface area contributed by atoms with Crippen molar-refractivity contribution in [2.75, 3.05) is 11.9 Å². The summed E-state index contributed by atoms with van der Waals surface area (Å²) in [5, 5.41) is 2.97. The van der Waals surface area contributed by atoms with E-state index in [0.29, 0.717) is 17.3 Å². The van der Waals surface area contributed by atoms with E-state index in [4.69, 9.17) is 5.73 Å². The number of nitrogens with two attached hydrogens (primary N) is 1. The van der Waals surface area contributed by atoms with Gasteiger partial charge in [0, 0.05) is 12.7 Å². The first kappa shape index (κ1) is 14.2. The van der Waals surface area contributed by atoms with E-state index in [1.165, 1.54) is 6.42 Å². The van der Waals surface area contributed by atoms with Gasteiger partial charge in [0.1, 0.15) is 5.82 Å². The van der Waals surface area contributed by atoms with Crippen molar-refractivity contribution in [3.63, 3.8) is 0 Å². The fourth-order valence-corrected chi connectivity index (χ4v) is 1.70. The molecule has 1 aromatic heterocycles. The molecule has 0 bridgehead atoms. The molecule has 0 saturated heterocycles. The van der Waals surface area contributed by atoms with E-state index >= 15 is 0 Å². The highest BCUT2D eigenvalue weighted by Gasteiger charge is 2.45. The molecule has 1 fully saturated rings. The largest absolute Gasteiger partial charge is 0.370 e. The molecule has 0 radical (unpaired) electrons. The van der Waals surface area contributed by atoms with Gasteiger partial charge in [-0.25, -0.2) is 4.98 Å². The number of hydrogen-bond acceptors (Lipinski definition) is 2. The molecule has 17 heavy (non-hydrogen) atoms. The predicted octanol–water partition coefficient (Wildman–Crippen LogP) is 2.47. The SMILES string of the molecule is CC1(C)CC1CN=C(N)Nc1ccccn1.I. The first-order valence-electron chi connectivity index (χ1n) is 5.56. The maximum atomic E-state index is 5.77. The average molecular weight is 346 g/mol. The van der Waals surface area contributed by atoms with Gasteiger partial charge in [-0.3, -0.25) is 4.99 Å². The van der Waals surface area contributed by atoms with E-state index in [-0.39, 0.29) is 24.0 Å². The van der Waals surface area contributed by atoms with Crippen LogP contribution in [0.15, 0.2) is 29.4 Å². The highest BCUT2D eigenvalue weighted by Crippen LogP contribution is 2.51. The zero-order chi connectivity index (χ0) is 11.6. The second kappa shape index (κ2) is 5.66. The van der Waals surface area contributed by atoms with E-state index in [1.54, 1.807) is 6.20 Å². The minimum Gasteiger partial charge on any atom is -0.370 e. The van der Waals surface area contributed by atoms with Gasteiger partial charge in [0.05, 0.1) is 0 Å². The monoisotopic (exact) mass is 346 g/mol. The molecule has 0 aliphatic heterocycles. The Morgan fingerprint density at radius 2 is 2.29 bits per heavy atom. The van der Waals surface area contributed by atoms with Gasteiger partial charge in [-0.2, -0.15) is 0 Å². The summed E-state index contributed by atoms with van der Waals surface area (Å²) in [4.78, 5) is 8.44. The molecule has 1 aromatic rings. The van der Waals surface area contributed by atoms with Crippen LogP contribution in [0.2, 0.25) is 0 Å². The predicted molar refractivity (Wildman–Crippen MR) is 81.7 cm³/mol. The molecule has 1 unspecified atom stereocenters. The Balaban J connectivity index is 0.00000144. The fourth-order valence-electron chi connectivity index (χ4n) is 1.70. The summed E-state index contributed by atoms with van der Waals surface area (Å²) in [7, 11) is 0. The number of nitrogens with zero attached hydrogens (tertiary/aromatic N) is 2. The number of halogens is 1. The summed E-state index contributed by atoms with van der Waals surface area (Å²) in [6, 6.07) is 5.64. The van der Waals surface area contributed by atoms with Crippen LogP contribution in [-0.4, -0.2) is 17.5 Å². The molecular weight excluding hydrogens is 327 g/mol. The topological polar surface area (TPSA) is 63.3 Å². The van der Waals surface area contributed by atoms with E-state index in [9.17, 15) is 0 Å². The van der Waals surface area contributed by atoms with Crippen molar-refractivity contribution in [3.8, 4) is 0 Å². The van der Waals surface area contributed by atoms with E-state index in [0.717, 1.165) is 12.4 Å². The summed E-state index contributed by atoms with van der Waals surface area (Å²) in [6.07, 6.45) is 2.97. The Morgan fingerprint density at radius 1 is 1.59 bits per heavy atom. The number of aliphatic imine (C=N–C) groups is 1. The molecular formula is C12H19IN4. The van der Waals surface area contributed by atoms with E-state index in [2.05, 4.69) is 29.1 Å². The number of nitrogens with one attached hydrogen (secondary N) is 1. The third kappa shape index (κ3) is 4.14. The molecule has 5 heteroatoms. The lowest BCUT2D eigenvalue weighted by Gasteiger charge is -2.04. The molecule has 2 rings (SSSR count). The minimum absolute atomic E-state index is 0. The minimum atomic E-state index is 0. The number of aromatic nitrogens is 1. The molecule has 94 valence electrons. The molecule has 0 amide bonds. The zero-order valence-corrected chi connectivity index (χ0v) is 12.5. The van der Waals surface area contributed by atoms with Gasteiger partial charge < -0.3 is 11.1 Å². The fraction of sp³-hybridized carbons (Fsp3) is 0.500. The maximum Gasteiger partial charge on any atom is 0.194 e. The first-order valence-corrected chi connectivity index (χ1v) is 5.56. The molecule has 1 aliphatic rings. The van der Waals surface area contributed by atoms with Crippen LogP contribution in [0.25, 0.3) is 0 Å². The smallest absolute Gasteiger partial charge is 0.194 e. The van der Waals surface area contributed by atoms with E-state index in [1.807, 2.05) is 18.2 Å². The van der Waals surface area contributed by atoms with Crippen LogP contribution >= 0.6 is 24.0 Å². The van der Waals surface area contributed by atoms with Crippen LogP contribution in [0.1, 0.15) is 20.3 Å². The van der Waals surface area contributed by atoms with Crippen molar-refractivity contribution < 1.29 is 0 Å². The van der Waals surface area contributed by atoms with Gasteiger partial charge in [-0.05, 0) is 29.9 Å². The quantitative estimate of drug-likeness (QED) is 0.502. The van der Waals surface area contributed by atoms with Crippen molar-refractivity contribution >= 4 is 35.8 Å². The number of anilines is 1. The molecule has 4 nitrogen and oxygen atoms in total. The highest BCUT2D eigenvalue weighted by atomic mass is 127. The van der Waals surface area contributed by atoms with Gasteiger partial charge in [0.2, 0.25) is 0 Å². The Bertz CT molecular complexity index is 389. The molecule has 1 saturated carbocycles. The normalized spacial score (nSPS) is 21.5. The van der Waals surface area contributed by atoms with Gasteiger partial charge >= 0.3 is 0 Å². The molecule has 3 N–H and O–H groups in total. The van der Waals surface area contributed by atoms with Gasteiger partial charge in [0.25, 0.3) is 0 Å². The second-order valence-electron chi connectivity index (χ2n) is 4.96. The first-order chi connectivity index (χ1) is 7.58. The Morgan fingerprint density at radius 3 is 2.82 bits per heavy atom. The summed E-state index contributed by atoms with van der Waals surface area (Å²) in [5.41, 5.74) is 6.22. The van der Waals surface area contributed by atoms with Crippen LogP contribution in [0.5, 0.6) is 0 Å². The number of guanidine groups is 1. The van der Waals surface area contributed by atoms with Crippen LogP contribution in [-0.2, 0) is 0 Å². The summed E-state index contributed by atoms with van der Waals surface area (Å²) in [5.74, 6) is 1.86. The lowest BCUT2D eigenvalue weighted by Crippen LogP contribution is -2.23. The Hall–Kier alpha value is -0.850. The maximum absolute atomic E-state index is 5.77. The number of rotatable bonds is 3. The summed E-state index contributed by atoms with van der Waals surface area (Å²) in [6.45, 7) is 5.32. The van der Waals surface area contributed by atoms with Gasteiger partial charge in [0.15, 0.2) is 5.96 Å². The van der Waals surface area contributed by atoms with Crippen LogP contribution in [0.4, 0.5) is 5.82 Å². The van der Waals surface area contributed by atoms with Gasteiger partial charge in [-0.1, -0.05) is 19.9 Å². The Kier molecular flexibility index (Phi) is 4.73. The van der Waals surface area contributed by atoms with Gasteiger partial charge in [-0.15, -0.1) is 24.0 Å². The third-order valence-corrected chi connectivity index (χ3v) is 3.12. The van der Waals surface area contributed by atoms with Crippen molar-refractivity contribution in [2.24, 2.45) is 22.1 Å². The van der Waals surface area contributed by atoms with Crippen LogP contribution < -0.4 is 11.1 Å². The lowest BCUT2D eigenvalue weighted by atomic mass is 10.1. The number of hydrogen-bond donors (Lipinski definition) is 2. The molecule has 1 heterocycles. The third-order valence-electron chi connectivity index (χ3n) is 3.12. The molecule has 1 aliphatic carbocycles. The zero-order valence-electron chi connectivity index (χ0n) is 10.2. The lowest BCUT2D eigenvalue weighted by molar-refractivity contribution is 0.566. The van der Waals surface area contributed by atoms with Crippen LogP contribution in [0, 0.1) is 11.3 Å². The van der Waals surface area contributed by atoms with Crippen molar-refractivity contribution in [1.82, 2.24) is 4.98 Å². The summed E-state index contributed by atoms with van der Waals surface area (Å²) < 4.78 is 0. The van der Waals surface area contributed by atoms with Crippen molar-refractivity contribution in [3.05, 3.63) is 24.4 Å². The molecule has 0 aromatic carbocycles. The highest BCUT2D eigenvalue weighted by molar-refractivity contribution is 14.0. The second-order valence-corrected chi connectivity index (χ2v) is 4.96. The molecule has 0 spiro atoms. The van der Waals surface area contributed by atoms with Crippen LogP contribution in [0.3, 0.4) is 0 Å².